The second kappa shape index (κ2) is 9.07. The van der Waals surface area contributed by atoms with E-state index >= 15 is 0 Å². The monoisotopic (exact) mass is 524 g/mol. The molecule has 4 aliphatic rings. The van der Waals surface area contributed by atoms with Crippen LogP contribution in [0.25, 0.3) is 6.08 Å². The smallest absolute Gasteiger partial charge is 0.237 e. The summed E-state index contributed by atoms with van der Waals surface area (Å²) in [5.41, 5.74) is 4.77. The summed E-state index contributed by atoms with van der Waals surface area (Å²) >= 11 is 6.58. The lowest BCUT2D eigenvalue weighted by molar-refractivity contribution is -0.121. The lowest BCUT2D eigenvalue weighted by Gasteiger charge is -2.37. The maximum Gasteiger partial charge on any atom is 0.237 e. The van der Waals surface area contributed by atoms with Gasteiger partial charge in [0.05, 0.1) is 22.5 Å². The molecule has 192 valence electrons. The molecule has 2 aliphatic heterocycles. The van der Waals surface area contributed by atoms with Gasteiger partial charge >= 0.3 is 0 Å². The molecule has 1 fully saturated rings. The van der Waals surface area contributed by atoms with E-state index in [1.165, 1.54) is 24.0 Å². The van der Waals surface area contributed by atoms with E-state index in [2.05, 4.69) is 40.7 Å². The lowest BCUT2D eigenvalue weighted by Crippen LogP contribution is -2.45. The van der Waals surface area contributed by atoms with Crippen LogP contribution in [0, 0.1) is 0 Å². The van der Waals surface area contributed by atoms with E-state index in [9.17, 15) is 4.79 Å². The van der Waals surface area contributed by atoms with Crippen molar-refractivity contribution in [2.45, 2.75) is 49.5 Å². The van der Waals surface area contributed by atoms with Crippen LogP contribution in [-0.4, -0.2) is 40.5 Å². The summed E-state index contributed by atoms with van der Waals surface area (Å²) < 4.78 is 0. The van der Waals surface area contributed by atoms with E-state index in [1.54, 1.807) is 6.20 Å². The molecule has 7 heteroatoms. The van der Waals surface area contributed by atoms with Gasteiger partial charge in [-0.2, -0.15) is 0 Å². The molecule has 1 atom stereocenters. The number of benzene rings is 2. The number of carbonyl (C=O) groups excluding carboxylic acids is 1. The first kappa shape index (κ1) is 23.6. The molecule has 1 amide bonds. The van der Waals surface area contributed by atoms with Crippen LogP contribution in [0.3, 0.4) is 0 Å². The average molecular weight is 525 g/mol. The number of hydrogen-bond donors (Lipinski definition) is 1. The predicted octanol–water partition coefficient (Wildman–Crippen LogP) is 5.74. The second-order valence-corrected chi connectivity index (χ2v) is 11.3. The van der Waals surface area contributed by atoms with Crippen molar-refractivity contribution in [1.82, 2.24) is 10.0 Å². The van der Waals surface area contributed by atoms with Crippen molar-refractivity contribution < 1.29 is 9.63 Å². The van der Waals surface area contributed by atoms with Gasteiger partial charge in [0, 0.05) is 17.3 Å². The van der Waals surface area contributed by atoms with Gasteiger partial charge in [-0.1, -0.05) is 73.0 Å². The predicted molar refractivity (Wildman–Crippen MR) is 149 cm³/mol. The molecule has 2 aliphatic carbocycles. The fourth-order valence-electron chi connectivity index (χ4n) is 6.51. The molecular formula is C31H29ClN4O2. The summed E-state index contributed by atoms with van der Waals surface area (Å²) in [6.07, 6.45) is 11.8. The van der Waals surface area contributed by atoms with E-state index in [-0.39, 0.29) is 11.4 Å². The van der Waals surface area contributed by atoms with Gasteiger partial charge in [0.2, 0.25) is 5.91 Å². The van der Waals surface area contributed by atoms with Crippen molar-refractivity contribution in [3.63, 3.8) is 0 Å². The summed E-state index contributed by atoms with van der Waals surface area (Å²) in [6.45, 7) is 1.16. The molecule has 2 aromatic carbocycles. The van der Waals surface area contributed by atoms with Crippen LogP contribution in [0.4, 0.5) is 5.82 Å². The standard InChI is InChI=1S/C31H29ClN4O2/c32-26-10-2-1-8-24(26)28-35-30(13-3-4-14-30)20-38-36(28)16-6-7-21-11-12-22-18-31(19-23(22)17-21)25-9-5-15-33-27(25)34-29(31)37/h1-2,5-12,15,17H,3-4,13-14,16,18-20H2,(H,33,34,37)/b7-6+/t31-/m1/s1. The van der Waals surface area contributed by atoms with E-state index in [1.807, 2.05) is 41.5 Å². The summed E-state index contributed by atoms with van der Waals surface area (Å²) in [5, 5.41) is 5.54. The van der Waals surface area contributed by atoms with Gasteiger partial charge in [0.25, 0.3) is 0 Å². The molecule has 3 heterocycles. The SMILES string of the molecule is O=C1Nc2ncccc2[C@]12Cc1ccc(/C=C/CN3OCC4(CCCC4)N=C3c3ccccc3Cl)cc1C2. The number of fused-ring (bicyclic) bond motifs is 3. The van der Waals surface area contributed by atoms with Crippen molar-refractivity contribution in [3.05, 3.63) is 99.7 Å². The fourth-order valence-corrected chi connectivity index (χ4v) is 6.73. The first-order valence-corrected chi connectivity index (χ1v) is 13.7. The number of hydrogen-bond acceptors (Lipinski definition) is 5. The Labute approximate surface area is 227 Å². The van der Waals surface area contributed by atoms with Gasteiger partial charge in [0.1, 0.15) is 12.4 Å². The molecule has 1 aromatic heterocycles. The van der Waals surface area contributed by atoms with Crippen LogP contribution in [0.2, 0.25) is 5.02 Å². The Balaban J connectivity index is 1.12. The number of aromatic nitrogens is 1. The molecule has 6 nitrogen and oxygen atoms in total. The van der Waals surface area contributed by atoms with Crippen molar-refractivity contribution in [1.29, 1.82) is 0 Å². The van der Waals surface area contributed by atoms with Gasteiger partial charge in [0.15, 0.2) is 5.84 Å². The summed E-state index contributed by atoms with van der Waals surface area (Å²) in [7, 11) is 0. The van der Waals surface area contributed by atoms with Crippen molar-refractivity contribution in [2.75, 3.05) is 18.5 Å². The number of carbonyl (C=O) groups is 1. The lowest BCUT2D eigenvalue weighted by atomic mass is 9.79. The van der Waals surface area contributed by atoms with Gasteiger partial charge in [-0.25, -0.2) is 10.0 Å². The van der Waals surface area contributed by atoms with Crippen LogP contribution in [0.1, 0.15) is 53.5 Å². The number of hydroxylamine groups is 2. The van der Waals surface area contributed by atoms with Crippen LogP contribution in [-0.2, 0) is 27.9 Å². The Morgan fingerprint density at radius 1 is 1.05 bits per heavy atom. The molecular weight excluding hydrogens is 496 g/mol. The van der Waals surface area contributed by atoms with E-state index in [0.717, 1.165) is 35.4 Å². The number of aliphatic imine (C=N–C) groups is 1. The second-order valence-electron chi connectivity index (χ2n) is 10.9. The largest absolute Gasteiger partial charge is 0.310 e. The van der Waals surface area contributed by atoms with E-state index in [4.69, 9.17) is 21.4 Å². The highest BCUT2D eigenvalue weighted by Gasteiger charge is 2.51. The summed E-state index contributed by atoms with van der Waals surface area (Å²) in [4.78, 5) is 28.9. The van der Waals surface area contributed by atoms with Crippen LogP contribution in [0.5, 0.6) is 0 Å². The van der Waals surface area contributed by atoms with E-state index < -0.39 is 5.41 Å². The third-order valence-electron chi connectivity index (χ3n) is 8.50. The zero-order chi connectivity index (χ0) is 25.7. The Morgan fingerprint density at radius 3 is 2.76 bits per heavy atom. The molecule has 1 N–H and O–H groups in total. The number of pyridine rings is 1. The minimum Gasteiger partial charge on any atom is -0.310 e. The zero-order valence-corrected chi connectivity index (χ0v) is 21.9. The topological polar surface area (TPSA) is 66.8 Å². The molecule has 0 bridgehead atoms. The number of amides is 1. The van der Waals surface area contributed by atoms with Crippen molar-refractivity contribution in [3.8, 4) is 0 Å². The first-order chi connectivity index (χ1) is 18.6. The molecule has 0 radical (unpaired) electrons. The van der Waals surface area contributed by atoms with Crippen LogP contribution >= 0.6 is 11.6 Å². The van der Waals surface area contributed by atoms with Crippen LogP contribution < -0.4 is 5.32 Å². The maximum atomic E-state index is 13.0. The quantitative estimate of drug-likeness (QED) is 0.472. The van der Waals surface area contributed by atoms with Crippen molar-refractivity contribution >= 4 is 35.2 Å². The van der Waals surface area contributed by atoms with Gasteiger partial charge < -0.3 is 5.32 Å². The number of nitrogens with zero attached hydrogens (tertiary/aromatic N) is 3. The highest BCUT2D eigenvalue weighted by molar-refractivity contribution is 6.34. The van der Waals surface area contributed by atoms with Gasteiger partial charge in [-0.05, 0) is 60.6 Å². The zero-order valence-electron chi connectivity index (χ0n) is 21.1. The number of anilines is 1. The number of halogens is 1. The number of amidine groups is 1. The molecule has 1 saturated carbocycles. The third kappa shape index (κ3) is 3.86. The third-order valence-corrected chi connectivity index (χ3v) is 8.83. The Morgan fingerprint density at radius 2 is 1.89 bits per heavy atom. The fraction of sp³-hybridized carbons (Fsp3) is 0.323. The van der Waals surface area contributed by atoms with Crippen molar-refractivity contribution in [2.24, 2.45) is 4.99 Å². The van der Waals surface area contributed by atoms with Gasteiger partial charge in [-0.3, -0.25) is 14.6 Å². The van der Waals surface area contributed by atoms with E-state index in [0.29, 0.717) is 36.8 Å². The highest BCUT2D eigenvalue weighted by Crippen LogP contribution is 2.46. The van der Waals surface area contributed by atoms with Crippen LogP contribution in [0.15, 0.2) is 71.9 Å². The molecule has 3 aromatic rings. The highest BCUT2D eigenvalue weighted by atomic mass is 35.5. The minimum atomic E-state index is -0.549. The summed E-state index contributed by atoms with van der Waals surface area (Å²) in [6, 6.07) is 18.3. The molecule has 38 heavy (non-hydrogen) atoms. The maximum absolute atomic E-state index is 13.0. The Hall–Kier alpha value is -3.48. The van der Waals surface area contributed by atoms with Gasteiger partial charge in [-0.15, -0.1) is 0 Å². The first-order valence-electron chi connectivity index (χ1n) is 13.4. The minimum absolute atomic E-state index is 0.0492. The normalized spacial score (nSPS) is 23.2. The number of nitrogens with one attached hydrogen (secondary N) is 1. The Kier molecular flexibility index (Phi) is 5.64. The molecule has 7 rings (SSSR count). The molecule has 0 unspecified atom stereocenters. The molecule has 2 spiro atoms. The summed E-state index contributed by atoms with van der Waals surface area (Å²) in [5.74, 6) is 1.55. The average Bonchev–Trinajstić information content (AvgIpc) is 3.62. The molecule has 0 saturated heterocycles. The Bertz CT molecular complexity index is 1490. The number of rotatable bonds is 4.